The smallest absolute Gasteiger partial charge is 0.337 e. The van der Waals surface area contributed by atoms with Crippen LogP contribution in [-0.2, 0) is 6.54 Å². The molecule has 0 bridgehead atoms. The van der Waals surface area contributed by atoms with E-state index < -0.39 is 12.6 Å². The van der Waals surface area contributed by atoms with E-state index in [4.69, 9.17) is 5.11 Å². The van der Waals surface area contributed by atoms with E-state index in [-0.39, 0.29) is 12.1 Å². The fourth-order valence-corrected chi connectivity index (χ4v) is 1.33. The first kappa shape index (κ1) is 9.57. The zero-order chi connectivity index (χ0) is 10.8. The van der Waals surface area contributed by atoms with Crippen LogP contribution in [0.4, 0.5) is 4.39 Å². The first-order chi connectivity index (χ1) is 7.22. The Labute approximate surface area is 84.2 Å². The van der Waals surface area contributed by atoms with Crippen molar-refractivity contribution in [1.29, 1.82) is 0 Å². The maximum atomic E-state index is 12.1. The van der Waals surface area contributed by atoms with Crippen LogP contribution < -0.4 is 0 Å². The van der Waals surface area contributed by atoms with Gasteiger partial charge in [0.05, 0.1) is 23.8 Å². The van der Waals surface area contributed by atoms with Gasteiger partial charge in [0.2, 0.25) is 0 Å². The number of aromatic carboxylic acids is 1. The van der Waals surface area contributed by atoms with Crippen molar-refractivity contribution in [2.75, 3.05) is 6.67 Å². The monoisotopic (exact) mass is 209 g/mol. The summed E-state index contributed by atoms with van der Waals surface area (Å²) in [5, 5.41) is 12.7. The first-order valence-electron chi connectivity index (χ1n) is 4.33. The van der Waals surface area contributed by atoms with Crippen molar-refractivity contribution in [2.45, 2.75) is 6.54 Å². The van der Waals surface area contributed by atoms with Crippen LogP contribution in [-0.4, -0.2) is 32.5 Å². The van der Waals surface area contributed by atoms with Crippen molar-refractivity contribution < 1.29 is 14.3 Å². The summed E-state index contributed by atoms with van der Waals surface area (Å²) in [6, 6.07) is 1.44. The molecule has 0 atom stereocenters. The van der Waals surface area contributed by atoms with E-state index >= 15 is 0 Å². The van der Waals surface area contributed by atoms with Gasteiger partial charge in [-0.2, -0.15) is 5.10 Å². The fourth-order valence-electron chi connectivity index (χ4n) is 1.33. The molecule has 0 fully saturated rings. The molecule has 0 aliphatic rings. The lowest BCUT2D eigenvalue weighted by Crippen LogP contribution is -2.03. The Morgan fingerprint density at radius 1 is 1.53 bits per heavy atom. The van der Waals surface area contributed by atoms with Gasteiger partial charge in [0.1, 0.15) is 12.2 Å². The lowest BCUT2D eigenvalue weighted by molar-refractivity contribution is 0.0696. The lowest BCUT2D eigenvalue weighted by atomic mass is 10.2. The lowest BCUT2D eigenvalue weighted by Gasteiger charge is -1.99. The maximum absolute atomic E-state index is 12.1. The Morgan fingerprint density at radius 2 is 2.33 bits per heavy atom. The summed E-state index contributed by atoms with van der Waals surface area (Å²) in [5.74, 6) is -1.06. The van der Waals surface area contributed by atoms with Gasteiger partial charge in [0, 0.05) is 6.20 Å². The molecule has 0 spiro atoms. The molecule has 0 saturated heterocycles. The maximum Gasteiger partial charge on any atom is 0.337 e. The standard InChI is InChI=1S/C9H8FN3O2/c10-1-2-13-8-3-6(9(14)15)4-11-7(8)5-12-13/h3-5H,1-2H2,(H,14,15). The van der Waals surface area contributed by atoms with Crippen molar-refractivity contribution in [3.63, 3.8) is 0 Å². The number of pyridine rings is 1. The van der Waals surface area contributed by atoms with E-state index in [1.807, 2.05) is 0 Å². The van der Waals surface area contributed by atoms with Gasteiger partial charge in [-0.05, 0) is 6.07 Å². The highest BCUT2D eigenvalue weighted by Gasteiger charge is 2.08. The number of carboxylic acids is 1. The minimum absolute atomic E-state index is 0.0723. The highest BCUT2D eigenvalue weighted by molar-refractivity contribution is 5.91. The SMILES string of the molecule is O=C(O)c1cnc2cnn(CCF)c2c1. The number of carbonyl (C=O) groups is 1. The van der Waals surface area contributed by atoms with Gasteiger partial charge in [-0.1, -0.05) is 0 Å². The number of halogens is 1. The number of carboxylic acid groups (broad SMARTS) is 1. The molecule has 5 nitrogen and oxygen atoms in total. The second-order valence-corrected chi connectivity index (χ2v) is 2.99. The van der Waals surface area contributed by atoms with Crippen molar-refractivity contribution in [2.24, 2.45) is 0 Å². The third-order valence-electron chi connectivity index (χ3n) is 2.04. The third kappa shape index (κ3) is 1.65. The fraction of sp³-hybridized carbons (Fsp3) is 0.222. The predicted molar refractivity (Wildman–Crippen MR) is 50.5 cm³/mol. The van der Waals surface area contributed by atoms with Crippen LogP contribution >= 0.6 is 0 Å². The molecule has 0 saturated carbocycles. The molecule has 0 unspecified atom stereocenters. The van der Waals surface area contributed by atoms with E-state index in [2.05, 4.69) is 10.1 Å². The molecular weight excluding hydrogens is 201 g/mol. The largest absolute Gasteiger partial charge is 0.478 e. The molecule has 1 N–H and O–H groups in total. The first-order valence-corrected chi connectivity index (χ1v) is 4.33. The number of rotatable bonds is 3. The summed E-state index contributed by atoms with van der Waals surface area (Å²) in [5.41, 5.74) is 1.17. The van der Waals surface area contributed by atoms with Crippen LogP contribution in [0.15, 0.2) is 18.5 Å². The normalized spacial score (nSPS) is 10.7. The molecule has 0 amide bonds. The Bertz CT molecular complexity index is 509. The van der Waals surface area contributed by atoms with Gasteiger partial charge < -0.3 is 5.11 Å². The Kier molecular flexibility index (Phi) is 2.32. The number of fused-ring (bicyclic) bond motifs is 1. The Balaban J connectivity index is 2.56. The van der Waals surface area contributed by atoms with Gasteiger partial charge in [0.25, 0.3) is 0 Å². The second-order valence-electron chi connectivity index (χ2n) is 2.99. The number of aromatic nitrogens is 3. The minimum atomic E-state index is -1.06. The van der Waals surface area contributed by atoms with Crippen LogP contribution in [0.25, 0.3) is 11.0 Å². The van der Waals surface area contributed by atoms with E-state index in [0.29, 0.717) is 11.0 Å². The predicted octanol–water partition coefficient (Wildman–Crippen LogP) is 1.10. The quantitative estimate of drug-likeness (QED) is 0.821. The van der Waals surface area contributed by atoms with Gasteiger partial charge >= 0.3 is 5.97 Å². The average Bonchev–Trinajstić information content (AvgIpc) is 2.61. The molecule has 0 aliphatic carbocycles. The van der Waals surface area contributed by atoms with E-state index in [9.17, 15) is 9.18 Å². The van der Waals surface area contributed by atoms with Crippen LogP contribution in [0.3, 0.4) is 0 Å². The molecule has 0 aliphatic heterocycles. The molecule has 2 aromatic rings. The van der Waals surface area contributed by atoms with Gasteiger partial charge in [-0.15, -0.1) is 0 Å². The Hall–Kier alpha value is -1.98. The van der Waals surface area contributed by atoms with Gasteiger partial charge in [-0.3, -0.25) is 9.67 Å². The third-order valence-corrected chi connectivity index (χ3v) is 2.04. The van der Waals surface area contributed by atoms with E-state index in [1.54, 1.807) is 0 Å². The van der Waals surface area contributed by atoms with E-state index in [0.717, 1.165) is 0 Å². The number of nitrogens with zero attached hydrogens (tertiary/aromatic N) is 3. The molecule has 0 radical (unpaired) electrons. The van der Waals surface area contributed by atoms with Crippen LogP contribution in [0.1, 0.15) is 10.4 Å². The highest BCUT2D eigenvalue weighted by Crippen LogP contribution is 2.12. The number of hydrogen-bond donors (Lipinski definition) is 1. The molecule has 2 heterocycles. The summed E-state index contributed by atoms with van der Waals surface area (Å²) in [6.07, 6.45) is 2.74. The molecule has 0 aromatic carbocycles. The highest BCUT2D eigenvalue weighted by atomic mass is 19.1. The molecule has 2 rings (SSSR count). The van der Waals surface area contributed by atoms with E-state index in [1.165, 1.54) is 23.1 Å². The average molecular weight is 209 g/mol. The van der Waals surface area contributed by atoms with Crippen LogP contribution in [0, 0.1) is 0 Å². The Morgan fingerprint density at radius 3 is 3.00 bits per heavy atom. The summed E-state index contributed by atoms with van der Waals surface area (Å²) in [7, 11) is 0. The van der Waals surface area contributed by atoms with Crippen molar-refractivity contribution in [1.82, 2.24) is 14.8 Å². The van der Waals surface area contributed by atoms with Crippen LogP contribution in [0.5, 0.6) is 0 Å². The summed E-state index contributed by atoms with van der Waals surface area (Å²) < 4.78 is 13.5. The van der Waals surface area contributed by atoms with Crippen molar-refractivity contribution in [3.05, 3.63) is 24.0 Å². The van der Waals surface area contributed by atoms with Crippen molar-refractivity contribution in [3.8, 4) is 0 Å². The van der Waals surface area contributed by atoms with Crippen LogP contribution in [0.2, 0.25) is 0 Å². The summed E-state index contributed by atoms with van der Waals surface area (Å²) in [4.78, 5) is 14.6. The number of alkyl halides is 1. The zero-order valence-corrected chi connectivity index (χ0v) is 7.72. The summed E-state index contributed by atoms with van der Waals surface area (Å²) in [6.45, 7) is -0.442. The zero-order valence-electron chi connectivity index (χ0n) is 7.72. The summed E-state index contributed by atoms with van der Waals surface area (Å²) >= 11 is 0. The second kappa shape index (κ2) is 3.64. The molecule has 2 aromatic heterocycles. The molecule has 15 heavy (non-hydrogen) atoms. The number of aryl methyl sites for hydroxylation is 1. The minimum Gasteiger partial charge on any atom is -0.478 e. The van der Waals surface area contributed by atoms with Gasteiger partial charge in [0.15, 0.2) is 0 Å². The molecule has 78 valence electrons. The van der Waals surface area contributed by atoms with Crippen molar-refractivity contribution >= 4 is 17.0 Å². The topological polar surface area (TPSA) is 68.0 Å². The van der Waals surface area contributed by atoms with Gasteiger partial charge in [-0.25, -0.2) is 9.18 Å². The molecule has 6 heteroatoms. The molecular formula is C9H8FN3O2. The number of hydrogen-bond acceptors (Lipinski definition) is 3.